The number of hydrogen-bond acceptors (Lipinski definition) is 2. The van der Waals surface area contributed by atoms with Crippen LogP contribution in [0.5, 0.6) is 5.75 Å². The lowest BCUT2D eigenvalue weighted by atomic mass is 10.00. The highest BCUT2D eigenvalue weighted by atomic mass is 16.5. The fourth-order valence-corrected chi connectivity index (χ4v) is 1.67. The van der Waals surface area contributed by atoms with Gasteiger partial charge in [0.05, 0.1) is 7.11 Å². The van der Waals surface area contributed by atoms with Crippen molar-refractivity contribution in [2.45, 2.75) is 26.2 Å². The molecule has 16 heavy (non-hydrogen) atoms. The Morgan fingerprint density at radius 3 is 2.44 bits per heavy atom. The van der Waals surface area contributed by atoms with E-state index in [2.05, 4.69) is 51.0 Å². The van der Waals surface area contributed by atoms with Crippen LogP contribution in [0.15, 0.2) is 18.2 Å². The Morgan fingerprint density at radius 1 is 1.25 bits per heavy atom. The van der Waals surface area contributed by atoms with Crippen molar-refractivity contribution >= 4 is 0 Å². The molecule has 0 N–H and O–H groups in total. The van der Waals surface area contributed by atoms with Crippen LogP contribution in [0.4, 0.5) is 0 Å². The van der Waals surface area contributed by atoms with Gasteiger partial charge in [-0.3, -0.25) is 0 Å². The van der Waals surface area contributed by atoms with E-state index in [9.17, 15) is 0 Å². The van der Waals surface area contributed by atoms with Crippen LogP contribution < -0.4 is 4.74 Å². The standard InChI is InChI=1S/C14H23NO/c1-11(2)13-7-6-12(8-9-15(3)4)14(10-13)16-5/h6-7,10-11H,8-9H2,1-5H3. The number of methoxy groups -OCH3 is 1. The highest BCUT2D eigenvalue weighted by molar-refractivity contribution is 5.38. The summed E-state index contributed by atoms with van der Waals surface area (Å²) in [5.41, 5.74) is 2.63. The fourth-order valence-electron chi connectivity index (χ4n) is 1.67. The van der Waals surface area contributed by atoms with Crippen molar-refractivity contribution < 1.29 is 4.74 Å². The van der Waals surface area contributed by atoms with Crippen molar-refractivity contribution in [3.8, 4) is 5.75 Å². The molecule has 0 radical (unpaired) electrons. The molecule has 0 spiro atoms. The number of nitrogens with zero attached hydrogens (tertiary/aromatic N) is 1. The van der Waals surface area contributed by atoms with E-state index in [0.29, 0.717) is 5.92 Å². The zero-order valence-corrected chi connectivity index (χ0v) is 11.1. The second-order valence-electron chi connectivity index (χ2n) is 4.78. The van der Waals surface area contributed by atoms with E-state index in [1.54, 1.807) is 7.11 Å². The van der Waals surface area contributed by atoms with Crippen molar-refractivity contribution in [3.05, 3.63) is 29.3 Å². The van der Waals surface area contributed by atoms with E-state index in [4.69, 9.17) is 4.74 Å². The van der Waals surface area contributed by atoms with Crippen LogP contribution in [0.1, 0.15) is 30.9 Å². The summed E-state index contributed by atoms with van der Waals surface area (Å²) in [5.74, 6) is 1.57. The number of rotatable bonds is 5. The first-order valence-electron chi connectivity index (χ1n) is 5.86. The van der Waals surface area contributed by atoms with Crippen LogP contribution >= 0.6 is 0 Å². The maximum atomic E-state index is 5.45. The van der Waals surface area contributed by atoms with E-state index >= 15 is 0 Å². The molecule has 2 nitrogen and oxygen atoms in total. The molecular formula is C14H23NO. The quantitative estimate of drug-likeness (QED) is 0.758. The van der Waals surface area contributed by atoms with Crippen molar-refractivity contribution in [3.63, 3.8) is 0 Å². The van der Waals surface area contributed by atoms with Gasteiger partial charge in [0, 0.05) is 6.54 Å². The number of ether oxygens (including phenoxy) is 1. The predicted molar refractivity (Wildman–Crippen MR) is 69.3 cm³/mol. The Labute approximate surface area is 99.2 Å². The summed E-state index contributed by atoms with van der Waals surface area (Å²) >= 11 is 0. The molecule has 0 aliphatic rings. The smallest absolute Gasteiger partial charge is 0.122 e. The summed E-state index contributed by atoms with van der Waals surface area (Å²) in [6.45, 7) is 5.46. The molecule has 0 aromatic heterocycles. The third-order valence-corrected chi connectivity index (χ3v) is 2.81. The maximum Gasteiger partial charge on any atom is 0.122 e. The Hall–Kier alpha value is -1.02. The Kier molecular flexibility index (Phi) is 4.81. The monoisotopic (exact) mass is 221 g/mol. The maximum absolute atomic E-state index is 5.45. The minimum absolute atomic E-state index is 0.553. The molecule has 90 valence electrons. The molecule has 0 aliphatic carbocycles. The van der Waals surface area contributed by atoms with Crippen molar-refractivity contribution in [2.75, 3.05) is 27.7 Å². The average Bonchev–Trinajstić information content (AvgIpc) is 2.25. The summed E-state index contributed by atoms with van der Waals surface area (Å²) in [6.07, 6.45) is 1.04. The summed E-state index contributed by atoms with van der Waals surface area (Å²) in [4.78, 5) is 2.19. The molecule has 0 heterocycles. The number of hydrogen-bond donors (Lipinski definition) is 0. The minimum Gasteiger partial charge on any atom is -0.496 e. The van der Waals surface area contributed by atoms with Gasteiger partial charge in [-0.25, -0.2) is 0 Å². The van der Waals surface area contributed by atoms with E-state index in [0.717, 1.165) is 18.7 Å². The summed E-state index contributed by atoms with van der Waals surface area (Å²) in [6, 6.07) is 6.56. The van der Waals surface area contributed by atoms with Crippen LogP contribution in [-0.2, 0) is 6.42 Å². The lowest BCUT2D eigenvalue weighted by Gasteiger charge is -2.14. The first-order chi connectivity index (χ1) is 7.54. The second-order valence-corrected chi connectivity index (χ2v) is 4.78. The van der Waals surface area contributed by atoms with Gasteiger partial charge in [0.1, 0.15) is 5.75 Å². The number of likely N-dealkylation sites (N-methyl/N-ethyl adjacent to an activating group) is 1. The Bertz CT molecular complexity index is 332. The fraction of sp³-hybridized carbons (Fsp3) is 0.571. The molecule has 0 aliphatic heterocycles. The van der Waals surface area contributed by atoms with Crippen LogP contribution in [-0.4, -0.2) is 32.6 Å². The first kappa shape index (κ1) is 13.0. The third-order valence-electron chi connectivity index (χ3n) is 2.81. The molecule has 2 heteroatoms. The highest BCUT2D eigenvalue weighted by Crippen LogP contribution is 2.25. The van der Waals surface area contributed by atoms with Gasteiger partial charge in [-0.1, -0.05) is 26.0 Å². The zero-order chi connectivity index (χ0) is 12.1. The van der Waals surface area contributed by atoms with Gasteiger partial charge in [0.2, 0.25) is 0 Å². The summed E-state index contributed by atoms with van der Waals surface area (Å²) < 4.78 is 5.45. The average molecular weight is 221 g/mol. The zero-order valence-electron chi connectivity index (χ0n) is 11.1. The van der Waals surface area contributed by atoms with Gasteiger partial charge in [0.15, 0.2) is 0 Å². The lowest BCUT2D eigenvalue weighted by molar-refractivity contribution is 0.391. The molecule has 1 rings (SSSR count). The Morgan fingerprint density at radius 2 is 1.94 bits per heavy atom. The second kappa shape index (κ2) is 5.90. The van der Waals surface area contributed by atoms with Crippen molar-refractivity contribution in [1.29, 1.82) is 0 Å². The predicted octanol–water partition coefficient (Wildman–Crippen LogP) is 2.92. The third kappa shape index (κ3) is 3.53. The van der Waals surface area contributed by atoms with Crippen LogP contribution in [0.2, 0.25) is 0 Å². The van der Waals surface area contributed by atoms with Gasteiger partial charge in [-0.05, 0) is 43.6 Å². The summed E-state index contributed by atoms with van der Waals surface area (Å²) in [7, 11) is 5.93. The molecule has 0 saturated heterocycles. The van der Waals surface area contributed by atoms with E-state index in [-0.39, 0.29) is 0 Å². The number of benzene rings is 1. The molecule has 1 aromatic rings. The molecule has 0 saturated carbocycles. The Balaban J connectivity index is 2.84. The summed E-state index contributed by atoms with van der Waals surface area (Å²) in [5, 5.41) is 0. The van der Waals surface area contributed by atoms with Gasteiger partial charge in [-0.15, -0.1) is 0 Å². The van der Waals surface area contributed by atoms with E-state index < -0.39 is 0 Å². The van der Waals surface area contributed by atoms with Gasteiger partial charge in [0.25, 0.3) is 0 Å². The lowest BCUT2D eigenvalue weighted by Crippen LogP contribution is -2.15. The SMILES string of the molecule is COc1cc(C(C)C)ccc1CCN(C)C. The molecule has 0 fully saturated rings. The first-order valence-corrected chi connectivity index (χ1v) is 5.86. The van der Waals surface area contributed by atoms with E-state index in [1.165, 1.54) is 11.1 Å². The van der Waals surface area contributed by atoms with Crippen LogP contribution in [0.25, 0.3) is 0 Å². The molecule has 0 unspecified atom stereocenters. The van der Waals surface area contributed by atoms with Crippen molar-refractivity contribution in [2.24, 2.45) is 0 Å². The molecule has 0 atom stereocenters. The van der Waals surface area contributed by atoms with Gasteiger partial charge < -0.3 is 9.64 Å². The van der Waals surface area contributed by atoms with E-state index in [1.807, 2.05) is 0 Å². The van der Waals surface area contributed by atoms with Crippen LogP contribution in [0.3, 0.4) is 0 Å². The van der Waals surface area contributed by atoms with Crippen LogP contribution in [0, 0.1) is 0 Å². The molecule has 1 aromatic carbocycles. The highest BCUT2D eigenvalue weighted by Gasteiger charge is 2.06. The largest absolute Gasteiger partial charge is 0.496 e. The van der Waals surface area contributed by atoms with Gasteiger partial charge >= 0.3 is 0 Å². The molecular weight excluding hydrogens is 198 g/mol. The normalized spacial score (nSPS) is 11.2. The van der Waals surface area contributed by atoms with Gasteiger partial charge in [-0.2, -0.15) is 0 Å². The molecule has 0 amide bonds. The minimum atomic E-state index is 0.553. The topological polar surface area (TPSA) is 12.5 Å². The van der Waals surface area contributed by atoms with Crippen molar-refractivity contribution in [1.82, 2.24) is 4.90 Å². The molecule has 0 bridgehead atoms.